The van der Waals surface area contributed by atoms with Gasteiger partial charge in [0.1, 0.15) is 0 Å². The molecule has 1 N–H and O–H groups in total. The topological polar surface area (TPSA) is 79.4 Å². The predicted octanol–water partition coefficient (Wildman–Crippen LogP) is 3.90. The first kappa shape index (κ1) is 20.4. The number of carbonyl (C=O) groups is 1. The van der Waals surface area contributed by atoms with Crippen molar-refractivity contribution in [3.05, 3.63) is 54.2 Å². The summed E-state index contributed by atoms with van der Waals surface area (Å²) in [5.74, 6) is -0.0811. The number of carbonyl (C=O) groups excluding carboxylic acids is 1. The average molecular weight is 418 g/mol. The molecule has 3 aromatic rings. The van der Waals surface area contributed by atoms with Gasteiger partial charge in [0.25, 0.3) is 0 Å². The number of nitrogens with zero attached hydrogens (tertiary/aromatic N) is 2. The van der Waals surface area contributed by atoms with Gasteiger partial charge in [0, 0.05) is 36.8 Å². The van der Waals surface area contributed by atoms with Crippen molar-refractivity contribution in [3.8, 4) is 0 Å². The maximum atomic E-state index is 12.5. The van der Waals surface area contributed by atoms with Crippen LogP contribution in [0.4, 0.5) is 5.69 Å². The lowest BCUT2D eigenvalue weighted by Gasteiger charge is -2.18. The van der Waals surface area contributed by atoms with Crippen molar-refractivity contribution in [2.24, 2.45) is 0 Å². The van der Waals surface area contributed by atoms with Gasteiger partial charge >= 0.3 is 0 Å². The molecule has 0 aliphatic carbocycles. The van der Waals surface area contributed by atoms with Crippen LogP contribution in [0.15, 0.2) is 53.6 Å². The van der Waals surface area contributed by atoms with Gasteiger partial charge in [-0.15, -0.1) is 0 Å². The van der Waals surface area contributed by atoms with E-state index in [2.05, 4.69) is 9.69 Å². The summed E-state index contributed by atoms with van der Waals surface area (Å²) >= 11 is 1.42. The Morgan fingerprint density at radius 1 is 1.11 bits per heavy atom. The zero-order valence-electron chi connectivity index (χ0n) is 15.9. The molecule has 0 aliphatic rings. The van der Waals surface area contributed by atoms with Crippen LogP contribution in [-0.4, -0.2) is 36.1 Å². The number of hydrogen-bond donors (Lipinski definition) is 1. The third-order valence-electron chi connectivity index (χ3n) is 4.54. The number of sulfonamides is 1. The zero-order valence-corrected chi connectivity index (χ0v) is 17.5. The van der Waals surface area contributed by atoms with Crippen LogP contribution in [0.25, 0.3) is 10.1 Å². The van der Waals surface area contributed by atoms with Crippen LogP contribution in [0, 0.1) is 0 Å². The van der Waals surface area contributed by atoms with E-state index in [4.69, 9.17) is 0 Å². The molecule has 0 radical (unpaired) electrons. The van der Waals surface area contributed by atoms with Gasteiger partial charge in [-0.3, -0.25) is 4.79 Å². The molecule has 1 heterocycles. The molecule has 2 aromatic carbocycles. The lowest BCUT2D eigenvalue weighted by molar-refractivity contribution is -0.116. The molecular formula is C20H23N3O3S2. The van der Waals surface area contributed by atoms with Crippen molar-refractivity contribution in [1.29, 1.82) is 0 Å². The monoisotopic (exact) mass is 417 g/mol. The van der Waals surface area contributed by atoms with E-state index in [0.29, 0.717) is 25.9 Å². The van der Waals surface area contributed by atoms with Gasteiger partial charge in [-0.2, -0.15) is 8.68 Å². The first-order valence-electron chi connectivity index (χ1n) is 9.17. The Kier molecular flexibility index (Phi) is 6.43. The highest BCUT2D eigenvalue weighted by Crippen LogP contribution is 2.22. The van der Waals surface area contributed by atoms with Gasteiger partial charge in [0.05, 0.1) is 9.60 Å². The van der Waals surface area contributed by atoms with Gasteiger partial charge in [0.15, 0.2) is 0 Å². The Labute approximate surface area is 169 Å². The minimum atomic E-state index is -3.45. The maximum Gasteiger partial charge on any atom is 0.243 e. The van der Waals surface area contributed by atoms with E-state index in [9.17, 15) is 13.2 Å². The van der Waals surface area contributed by atoms with Gasteiger partial charge in [-0.05, 0) is 53.8 Å². The Morgan fingerprint density at radius 3 is 2.50 bits per heavy atom. The second-order valence-corrected chi connectivity index (χ2v) is 9.13. The molecule has 0 atom stereocenters. The van der Waals surface area contributed by atoms with Crippen LogP contribution in [0.5, 0.6) is 0 Å². The molecule has 0 saturated heterocycles. The van der Waals surface area contributed by atoms with Crippen molar-refractivity contribution in [1.82, 2.24) is 8.68 Å². The van der Waals surface area contributed by atoms with E-state index in [1.54, 1.807) is 30.5 Å². The largest absolute Gasteiger partial charge is 0.326 e. The van der Waals surface area contributed by atoms with Crippen LogP contribution in [0.2, 0.25) is 0 Å². The van der Waals surface area contributed by atoms with Gasteiger partial charge in [0.2, 0.25) is 15.9 Å². The quantitative estimate of drug-likeness (QED) is 0.603. The lowest BCUT2D eigenvalue weighted by atomic mass is 10.1. The second-order valence-electron chi connectivity index (χ2n) is 6.36. The fourth-order valence-electron chi connectivity index (χ4n) is 2.97. The van der Waals surface area contributed by atoms with Gasteiger partial charge < -0.3 is 5.32 Å². The molecule has 8 heteroatoms. The van der Waals surface area contributed by atoms with E-state index in [0.717, 1.165) is 21.3 Å². The summed E-state index contributed by atoms with van der Waals surface area (Å²) in [6.45, 7) is 4.52. The van der Waals surface area contributed by atoms with E-state index in [-0.39, 0.29) is 10.8 Å². The van der Waals surface area contributed by atoms with Crippen molar-refractivity contribution >= 4 is 43.2 Å². The number of benzene rings is 2. The molecule has 3 rings (SSSR count). The van der Waals surface area contributed by atoms with Crippen molar-refractivity contribution in [2.45, 2.75) is 31.6 Å². The zero-order chi connectivity index (χ0) is 20.1. The standard InChI is InChI=1S/C20H23N3O3S2/c1-3-23(4-2)28(25,26)18-9-5-15(6-10-18)7-12-20(24)22-17-8-11-19-16(13-17)14-21-27-19/h5-6,8-11,13-14H,3-4,7,12H2,1-2H3,(H,22,24). The molecule has 6 nitrogen and oxygen atoms in total. The molecular weight excluding hydrogens is 394 g/mol. The number of nitrogens with one attached hydrogen (secondary N) is 1. The maximum absolute atomic E-state index is 12.5. The molecule has 148 valence electrons. The number of anilines is 1. The lowest BCUT2D eigenvalue weighted by Crippen LogP contribution is -2.30. The molecule has 0 unspecified atom stereocenters. The van der Waals surface area contributed by atoms with Crippen molar-refractivity contribution < 1.29 is 13.2 Å². The van der Waals surface area contributed by atoms with Gasteiger partial charge in [-0.1, -0.05) is 26.0 Å². The Morgan fingerprint density at radius 2 is 1.82 bits per heavy atom. The number of aromatic nitrogens is 1. The molecule has 1 amide bonds. The molecule has 1 aromatic heterocycles. The summed E-state index contributed by atoms with van der Waals surface area (Å²) in [5, 5.41) is 3.90. The number of amides is 1. The summed E-state index contributed by atoms with van der Waals surface area (Å²) in [6.07, 6.45) is 2.64. The smallest absolute Gasteiger partial charge is 0.243 e. The van der Waals surface area contributed by atoms with Crippen molar-refractivity contribution in [3.63, 3.8) is 0 Å². The SMILES string of the molecule is CCN(CC)S(=O)(=O)c1ccc(CCC(=O)Nc2ccc3sncc3c2)cc1. The summed E-state index contributed by atoms with van der Waals surface area (Å²) < 4.78 is 31.6. The second kappa shape index (κ2) is 8.81. The highest BCUT2D eigenvalue weighted by molar-refractivity contribution is 7.89. The van der Waals surface area contributed by atoms with E-state index < -0.39 is 10.0 Å². The van der Waals surface area contributed by atoms with Crippen LogP contribution < -0.4 is 5.32 Å². The average Bonchev–Trinajstić information content (AvgIpc) is 3.15. The summed E-state index contributed by atoms with van der Waals surface area (Å²) in [6, 6.07) is 12.5. The third-order valence-corrected chi connectivity index (χ3v) is 7.39. The molecule has 0 saturated carbocycles. The molecule has 0 fully saturated rings. The first-order valence-corrected chi connectivity index (χ1v) is 11.4. The number of aryl methyl sites for hydroxylation is 1. The number of hydrogen-bond acceptors (Lipinski definition) is 5. The summed E-state index contributed by atoms with van der Waals surface area (Å²) in [5.41, 5.74) is 1.67. The highest BCUT2D eigenvalue weighted by atomic mass is 32.2. The van der Waals surface area contributed by atoms with Crippen molar-refractivity contribution in [2.75, 3.05) is 18.4 Å². The van der Waals surface area contributed by atoms with Crippen LogP contribution >= 0.6 is 11.5 Å². The van der Waals surface area contributed by atoms with Crippen LogP contribution in [0.1, 0.15) is 25.8 Å². The Bertz CT molecular complexity index is 1060. The fourth-order valence-corrected chi connectivity index (χ4v) is 5.06. The van der Waals surface area contributed by atoms with Gasteiger partial charge in [-0.25, -0.2) is 8.42 Å². The van der Waals surface area contributed by atoms with E-state index in [1.807, 2.05) is 32.0 Å². The first-order chi connectivity index (χ1) is 13.4. The van der Waals surface area contributed by atoms with Crippen LogP contribution in [-0.2, 0) is 21.2 Å². The minimum absolute atomic E-state index is 0.0811. The van der Waals surface area contributed by atoms with Crippen LogP contribution in [0.3, 0.4) is 0 Å². The molecule has 0 spiro atoms. The molecule has 28 heavy (non-hydrogen) atoms. The summed E-state index contributed by atoms with van der Waals surface area (Å²) in [7, 11) is -3.45. The summed E-state index contributed by atoms with van der Waals surface area (Å²) in [4.78, 5) is 12.5. The minimum Gasteiger partial charge on any atom is -0.326 e. The molecule has 0 bridgehead atoms. The van der Waals surface area contributed by atoms with E-state index in [1.165, 1.54) is 15.8 Å². The van der Waals surface area contributed by atoms with E-state index >= 15 is 0 Å². The third kappa shape index (κ3) is 4.57. The molecule has 0 aliphatic heterocycles. The number of rotatable bonds is 8. The highest BCUT2D eigenvalue weighted by Gasteiger charge is 2.21. The normalized spacial score (nSPS) is 11.8. The fraction of sp³-hybridized carbons (Fsp3) is 0.300. The Balaban J connectivity index is 1.59. The Hall–Kier alpha value is -2.29. The number of fused-ring (bicyclic) bond motifs is 1. The predicted molar refractivity (Wildman–Crippen MR) is 113 cm³/mol.